The van der Waals surface area contributed by atoms with E-state index in [1.165, 1.54) is 17.0 Å². The molecule has 4 aromatic rings. The van der Waals surface area contributed by atoms with Crippen LogP contribution in [0.5, 0.6) is 0 Å². The molecule has 1 unspecified atom stereocenters. The predicted octanol–water partition coefficient (Wildman–Crippen LogP) is 7.45. The molecule has 1 aliphatic rings. The molecule has 0 aliphatic heterocycles. The van der Waals surface area contributed by atoms with Crippen LogP contribution in [-0.4, -0.2) is 43.8 Å². The van der Waals surface area contributed by atoms with E-state index in [0.717, 1.165) is 47.5 Å². The number of hydrogen-bond donors (Lipinski definition) is 1. The minimum atomic E-state index is -4.16. The van der Waals surface area contributed by atoms with Crippen LogP contribution in [0.4, 0.5) is 5.69 Å². The lowest BCUT2D eigenvalue weighted by Crippen LogP contribution is -2.54. The summed E-state index contributed by atoms with van der Waals surface area (Å²) in [6.07, 6.45) is 4.83. The average Bonchev–Trinajstić information content (AvgIpc) is 3.60. The van der Waals surface area contributed by atoms with Crippen molar-refractivity contribution in [1.82, 2.24) is 10.2 Å². The molecule has 7 nitrogen and oxygen atoms in total. The van der Waals surface area contributed by atoms with Gasteiger partial charge in [-0.25, -0.2) is 8.42 Å². The van der Waals surface area contributed by atoms with Crippen LogP contribution in [0, 0.1) is 0 Å². The Morgan fingerprint density at radius 1 is 0.809 bits per heavy atom. The highest BCUT2D eigenvalue weighted by Gasteiger charge is 2.35. The first kappa shape index (κ1) is 34.5. The summed E-state index contributed by atoms with van der Waals surface area (Å²) < 4.78 is 29.4. The van der Waals surface area contributed by atoms with Gasteiger partial charge in [0.1, 0.15) is 12.6 Å². The van der Waals surface area contributed by atoms with Crippen molar-refractivity contribution in [3.63, 3.8) is 0 Å². The predicted molar refractivity (Wildman–Crippen MR) is 188 cm³/mol. The van der Waals surface area contributed by atoms with Crippen LogP contribution >= 0.6 is 23.2 Å². The van der Waals surface area contributed by atoms with Gasteiger partial charge in [0.25, 0.3) is 10.0 Å². The topological polar surface area (TPSA) is 86.8 Å². The molecule has 10 heteroatoms. The van der Waals surface area contributed by atoms with Crippen molar-refractivity contribution in [3.8, 4) is 0 Å². The molecule has 1 aliphatic carbocycles. The van der Waals surface area contributed by atoms with E-state index in [-0.39, 0.29) is 29.8 Å². The van der Waals surface area contributed by atoms with Crippen molar-refractivity contribution < 1.29 is 18.0 Å². The number of hydrogen-bond acceptors (Lipinski definition) is 4. The van der Waals surface area contributed by atoms with Crippen LogP contribution in [0.25, 0.3) is 0 Å². The van der Waals surface area contributed by atoms with Crippen LogP contribution in [0.1, 0.15) is 49.3 Å². The molecule has 5 rings (SSSR count). The standard InChI is InChI=1S/C37H39Cl2N3O4S/c1-2-27-17-20-31(21-18-27)42(47(45,46)32-15-7-4-8-16-32)26-36(43)41(25-29-19-22-33(38)34(39)23-29)35(24-28-11-5-3-6-12-28)37(44)40-30-13-9-10-14-30/h3-8,11-12,15-23,30,35H,2,9-10,13-14,24-26H2,1H3,(H,40,44). The molecule has 246 valence electrons. The van der Waals surface area contributed by atoms with Gasteiger partial charge in [-0.05, 0) is 72.4 Å². The number of benzene rings is 4. The third-order valence-corrected chi connectivity index (χ3v) is 11.1. The largest absolute Gasteiger partial charge is 0.352 e. The molecule has 1 saturated carbocycles. The third kappa shape index (κ3) is 8.74. The van der Waals surface area contributed by atoms with Crippen LogP contribution in [0.3, 0.4) is 0 Å². The van der Waals surface area contributed by atoms with E-state index in [1.807, 2.05) is 49.4 Å². The van der Waals surface area contributed by atoms with Crippen molar-refractivity contribution in [1.29, 1.82) is 0 Å². The summed E-state index contributed by atoms with van der Waals surface area (Å²) in [7, 11) is -4.16. The number of carbonyl (C=O) groups excluding carboxylic acids is 2. The zero-order valence-electron chi connectivity index (χ0n) is 26.3. The number of nitrogens with one attached hydrogen (secondary N) is 1. The number of aryl methyl sites for hydroxylation is 1. The van der Waals surface area contributed by atoms with Crippen molar-refractivity contribution in [2.45, 2.75) is 69.0 Å². The molecular weight excluding hydrogens is 653 g/mol. The van der Waals surface area contributed by atoms with Gasteiger partial charge in [0, 0.05) is 19.0 Å². The van der Waals surface area contributed by atoms with Gasteiger partial charge >= 0.3 is 0 Å². The second-order valence-corrected chi connectivity index (χ2v) is 14.5. The maximum Gasteiger partial charge on any atom is 0.264 e. The van der Waals surface area contributed by atoms with Gasteiger partial charge in [-0.1, -0.05) is 110 Å². The highest BCUT2D eigenvalue weighted by atomic mass is 35.5. The minimum absolute atomic E-state index is 0.0132. The molecule has 0 spiro atoms. The van der Waals surface area contributed by atoms with E-state index < -0.39 is 28.5 Å². The molecule has 1 N–H and O–H groups in total. The number of halogens is 2. The van der Waals surface area contributed by atoms with Gasteiger partial charge in [-0.15, -0.1) is 0 Å². The normalized spacial score (nSPS) is 14.0. The van der Waals surface area contributed by atoms with E-state index in [1.54, 1.807) is 48.5 Å². The summed E-state index contributed by atoms with van der Waals surface area (Å²) in [6, 6.07) is 28.8. The number of carbonyl (C=O) groups is 2. The second-order valence-electron chi connectivity index (χ2n) is 11.8. The first-order valence-electron chi connectivity index (χ1n) is 15.9. The van der Waals surface area contributed by atoms with Crippen LogP contribution < -0.4 is 9.62 Å². The first-order valence-corrected chi connectivity index (χ1v) is 18.1. The van der Waals surface area contributed by atoms with E-state index >= 15 is 0 Å². The quantitative estimate of drug-likeness (QED) is 0.158. The average molecular weight is 693 g/mol. The number of sulfonamides is 1. The summed E-state index contributed by atoms with van der Waals surface area (Å²) in [6.45, 7) is 1.51. The summed E-state index contributed by atoms with van der Waals surface area (Å²) in [4.78, 5) is 30.3. The number of nitrogens with zero attached hydrogens (tertiary/aromatic N) is 2. The zero-order valence-corrected chi connectivity index (χ0v) is 28.6. The Kier molecular flexibility index (Phi) is 11.6. The second kappa shape index (κ2) is 15.8. The molecule has 4 aromatic carbocycles. The molecule has 0 radical (unpaired) electrons. The van der Waals surface area contributed by atoms with Crippen molar-refractivity contribution >= 4 is 50.7 Å². The van der Waals surface area contributed by atoms with Crippen molar-refractivity contribution in [2.24, 2.45) is 0 Å². The van der Waals surface area contributed by atoms with Crippen molar-refractivity contribution in [2.75, 3.05) is 10.8 Å². The Hall–Kier alpha value is -3.85. The molecule has 0 heterocycles. The SMILES string of the molecule is CCc1ccc(N(CC(=O)N(Cc2ccc(Cl)c(Cl)c2)C(Cc2ccccc2)C(=O)NC2CCCC2)S(=O)(=O)c2ccccc2)cc1. The Morgan fingerprint density at radius 3 is 2.04 bits per heavy atom. The van der Waals surface area contributed by atoms with E-state index in [2.05, 4.69) is 5.32 Å². The molecule has 1 atom stereocenters. The van der Waals surface area contributed by atoms with Crippen LogP contribution in [-0.2, 0) is 39.0 Å². The van der Waals surface area contributed by atoms with E-state index in [9.17, 15) is 18.0 Å². The molecule has 0 bridgehead atoms. The zero-order chi connectivity index (χ0) is 33.4. The molecule has 0 saturated heterocycles. The lowest BCUT2D eigenvalue weighted by atomic mass is 10.0. The Balaban J connectivity index is 1.57. The minimum Gasteiger partial charge on any atom is -0.352 e. The van der Waals surface area contributed by atoms with Gasteiger partial charge in [0.15, 0.2) is 0 Å². The van der Waals surface area contributed by atoms with E-state index in [4.69, 9.17) is 23.2 Å². The first-order chi connectivity index (χ1) is 22.7. The van der Waals surface area contributed by atoms with Gasteiger partial charge < -0.3 is 10.2 Å². The maximum atomic E-state index is 14.6. The fourth-order valence-corrected chi connectivity index (χ4v) is 7.66. The smallest absolute Gasteiger partial charge is 0.264 e. The maximum absolute atomic E-state index is 14.6. The van der Waals surface area contributed by atoms with Crippen LogP contribution in [0.2, 0.25) is 10.0 Å². The molecule has 0 aromatic heterocycles. The van der Waals surface area contributed by atoms with Gasteiger partial charge in [-0.2, -0.15) is 0 Å². The summed E-state index contributed by atoms with van der Waals surface area (Å²) in [5, 5.41) is 3.86. The van der Waals surface area contributed by atoms with Crippen LogP contribution in [0.15, 0.2) is 108 Å². The third-order valence-electron chi connectivity index (χ3n) is 8.55. The molecule has 1 fully saturated rings. The Morgan fingerprint density at radius 2 is 1.43 bits per heavy atom. The number of rotatable bonds is 13. The highest BCUT2D eigenvalue weighted by molar-refractivity contribution is 7.92. The summed E-state index contributed by atoms with van der Waals surface area (Å²) in [5.41, 5.74) is 2.91. The summed E-state index contributed by atoms with van der Waals surface area (Å²) >= 11 is 12.6. The molecule has 47 heavy (non-hydrogen) atoms. The number of amides is 2. The fourth-order valence-electron chi connectivity index (χ4n) is 5.90. The highest BCUT2D eigenvalue weighted by Crippen LogP contribution is 2.28. The summed E-state index contributed by atoms with van der Waals surface area (Å²) in [5.74, 6) is -0.809. The van der Waals surface area contributed by atoms with E-state index in [0.29, 0.717) is 21.3 Å². The molecule has 2 amide bonds. The number of anilines is 1. The lowest BCUT2D eigenvalue weighted by Gasteiger charge is -2.34. The monoisotopic (exact) mass is 691 g/mol. The molecular formula is C37H39Cl2N3O4S. The van der Waals surface area contributed by atoms with Gasteiger partial charge in [0.2, 0.25) is 11.8 Å². The Bertz CT molecular complexity index is 1760. The van der Waals surface area contributed by atoms with Gasteiger partial charge in [-0.3, -0.25) is 13.9 Å². The fraction of sp³-hybridized carbons (Fsp3) is 0.297. The van der Waals surface area contributed by atoms with Crippen molar-refractivity contribution in [3.05, 3.63) is 130 Å². The lowest BCUT2D eigenvalue weighted by molar-refractivity contribution is -0.140. The Labute approximate surface area is 287 Å². The van der Waals surface area contributed by atoms with Gasteiger partial charge in [0.05, 0.1) is 20.6 Å².